The van der Waals surface area contributed by atoms with Gasteiger partial charge >= 0.3 is 23.9 Å². The fourth-order valence-corrected chi connectivity index (χ4v) is 2.50. The summed E-state index contributed by atoms with van der Waals surface area (Å²) in [5.74, 6) is -4.94. The van der Waals surface area contributed by atoms with E-state index in [1.807, 2.05) is 0 Å². The van der Waals surface area contributed by atoms with Crippen LogP contribution in [0.4, 0.5) is 0 Å². The quantitative estimate of drug-likeness (QED) is 0.320. The standard InChI is InChI=1S/C15H24N2O8/c1-3-4-5-11(17(8-14(22)23)9-15(24)25)10(2)16(6-12(18)19)7-13(20)21/h3-4,10-11H,5-9H2,1-2H3,(H,18,19)(H,20,21)(H,22,23)(H,24,25). The highest BCUT2D eigenvalue weighted by molar-refractivity contribution is 5.73. The van der Waals surface area contributed by atoms with E-state index in [0.29, 0.717) is 0 Å². The highest BCUT2D eigenvalue weighted by Crippen LogP contribution is 2.16. The molecule has 2 unspecified atom stereocenters. The molecule has 0 radical (unpaired) electrons. The number of nitrogens with zero attached hydrogens (tertiary/aromatic N) is 2. The van der Waals surface area contributed by atoms with E-state index in [1.165, 1.54) is 4.90 Å². The van der Waals surface area contributed by atoms with Gasteiger partial charge in [0, 0.05) is 12.1 Å². The lowest BCUT2D eigenvalue weighted by molar-refractivity contribution is -0.148. The Hall–Kier alpha value is -2.46. The summed E-state index contributed by atoms with van der Waals surface area (Å²) in [7, 11) is 0. The molecule has 0 aliphatic rings. The number of hydrogen-bond donors (Lipinski definition) is 4. The zero-order valence-corrected chi connectivity index (χ0v) is 14.2. The minimum Gasteiger partial charge on any atom is -0.480 e. The first-order valence-corrected chi connectivity index (χ1v) is 7.54. The van der Waals surface area contributed by atoms with Gasteiger partial charge in [-0.3, -0.25) is 29.0 Å². The van der Waals surface area contributed by atoms with Gasteiger partial charge in [-0.15, -0.1) is 0 Å². The van der Waals surface area contributed by atoms with Crippen molar-refractivity contribution in [1.82, 2.24) is 9.80 Å². The Bertz CT molecular complexity index is 488. The summed E-state index contributed by atoms with van der Waals surface area (Å²) in [6.07, 6.45) is 3.63. The molecule has 0 heterocycles. The maximum atomic E-state index is 11.1. The predicted octanol–water partition coefficient (Wildman–Crippen LogP) is -0.348. The molecular formula is C15H24N2O8. The summed E-state index contributed by atoms with van der Waals surface area (Å²) >= 11 is 0. The van der Waals surface area contributed by atoms with E-state index in [1.54, 1.807) is 26.0 Å². The molecule has 0 spiro atoms. The van der Waals surface area contributed by atoms with Crippen LogP contribution in [0.1, 0.15) is 20.3 Å². The second kappa shape index (κ2) is 11.2. The highest BCUT2D eigenvalue weighted by Gasteiger charge is 2.32. The van der Waals surface area contributed by atoms with Crippen molar-refractivity contribution in [3.8, 4) is 0 Å². The van der Waals surface area contributed by atoms with E-state index in [2.05, 4.69) is 0 Å². The van der Waals surface area contributed by atoms with Crippen molar-refractivity contribution in [1.29, 1.82) is 0 Å². The summed E-state index contributed by atoms with van der Waals surface area (Å²) in [4.78, 5) is 46.5. The van der Waals surface area contributed by atoms with Crippen LogP contribution in [0, 0.1) is 0 Å². The fraction of sp³-hybridized carbons (Fsp3) is 0.600. The second-order valence-corrected chi connectivity index (χ2v) is 5.50. The smallest absolute Gasteiger partial charge is 0.317 e. The maximum absolute atomic E-state index is 11.1. The third kappa shape index (κ3) is 9.42. The first-order valence-electron chi connectivity index (χ1n) is 7.54. The van der Waals surface area contributed by atoms with Gasteiger partial charge in [-0.25, -0.2) is 0 Å². The predicted molar refractivity (Wildman–Crippen MR) is 86.4 cm³/mol. The molecule has 0 rings (SSSR count). The summed E-state index contributed by atoms with van der Waals surface area (Å²) < 4.78 is 0. The van der Waals surface area contributed by atoms with Crippen molar-refractivity contribution in [2.24, 2.45) is 0 Å². The molecule has 10 nitrogen and oxygen atoms in total. The number of rotatable bonds is 13. The molecule has 0 aliphatic heterocycles. The molecule has 4 N–H and O–H groups in total. The van der Waals surface area contributed by atoms with E-state index in [9.17, 15) is 19.2 Å². The van der Waals surface area contributed by atoms with Crippen molar-refractivity contribution in [2.75, 3.05) is 26.2 Å². The number of hydrogen-bond acceptors (Lipinski definition) is 6. The van der Waals surface area contributed by atoms with Crippen molar-refractivity contribution < 1.29 is 39.6 Å². The van der Waals surface area contributed by atoms with Crippen LogP contribution in [0.2, 0.25) is 0 Å². The lowest BCUT2D eigenvalue weighted by atomic mass is 10.0. The van der Waals surface area contributed by atoms with Gasteiger partial charge in [-0.2, -0.15) is 0 Å². The van der Waals surface area contributed by atoms with Gasteiger partial charge in [0.05, 0.1) is 26.2 Å². The third-order valence-electron chi connectivity index (χ3n) is 3.57. The van der Waals surface area contributed by atoms with Gasteiger partial charge in [0.15, 0.2) is 0 Å². The van der Waals surface area contributed by atoms with Crippen molar-refractivity contribution in [3.63, 3.8) is 0 Å². The van der Waals surface area contributed by atoms with E-state index >= 15 is 0 Å². The summed E-state index contributed by atoms with van der Waals surface area (Å²) in [5, 5.41) is 36.0. The molecular weight excluding hydrogens is 336 g/mol. The van der Waals surface area contributed by atoms with E-state index in [0.717, 1.165) is 4.90 Å². The molecule has 0 fully saturated rings. The Morgan fingerprint density at radius 2 is 1.16 bits per heavy atom. The minimum atomic E-state index is -1.24. The first kappa shape index (κ1) is 22.5. The Morgan fingerprint density at radius 1 is 0.800 bits per heavy atom. The van der Waals surface area contributed by atoms with E-state index in [-0.39, 0.29) is 6.42 Å². The SMILES string of the molecule is CC=CCC(C(C)N(CC(=O)O)CC(=O)O)N(CC(=O)O)CC(=O)O. The van der Waals surface area contributed by atoms with Gasteiger partial charge in [-0.1, -0.05) is 12.2 Å². The van der Waals surface area contributed by atoms with Crippen LogP contribution in [0.15, 0.2) is 12.2 Å². The minimum absolute atomic E-state index is 0.244. The van der Waals surface area contributed by atoms with Crippen LogP contribution >= 0.6 is 0 Å². The number of carboxylic acids is 4. The molecule has 2 atom stereocenters. The van der Waals surface area contributed by atoms with Crippen LogP contribution in [0.25, 0.3) is 0 Å². The Kier molecular flexibility index (Phi) is 10.1. The molecule has 0 aromatic heterocycles. The molecule has 25 heavy (non-hydrogen) atoms. The molecule has 10 heteroatoms. The molecule has 0 aliphatic carbocycles. The summed E-state index contributed by atoms with van der Waals surface area (Å²) in [6.45, 7) is 1.03. The maximum Gasteiger partial charge on any atom is 0.317 e. The molecule has 0 aromatic carbocycles. The summed E-state index contributed by atoms with van der Waals surface area (Å²) in [6, 6.07) is -1.40. The Morgan fingerprint density at radius 3 is 1.48 bits per heavy atom. The lowest BCUT2D eigenvalue weighted by Gasteiger charge is -2.38. The normalized spacial score (nSPS) is 13.9. The lowest BCUT2D eigenvalue weighted by Crippen LogP contribution is -2.55. The average Bonchev–Trinajstić information content (AvgIpc) is 2.44. The first-order chi connectivity index (χ1) is 11.6. The van der Waals surface area contributed by atoms with Gasteiger partial charge in [0.25, 0.3) is 0 Å². The van der Waals surface area contributed by atoms with Crippen LogP contribution in [0.5, 0.6) is 0 Å². The van der Waals surface area contributed by atoms with Gasteiger partial charge in [0.1, 0.15) is 0 Å². The number of aliphatic carboxylic acids is 4. The van der Waals surface area contributed by atoms with Crippen molar-refractivity contribution >= 4 is 23.9 Å². The van der Waals surface area contributed by atoms with E-state index < -0.39 is 62.1 Å². The van der Waals surface area contributed by atoms with Crippen LogP contribution in [0.3, 0.4) is 0 Å². The van der Waals surface area contributed by atoms with Gasteiger partial charge < -0.3 is 20.4 Å². The molecule has 142 valence electrons. The highest BCUT2D eigenvalue weighted by atomic mass is 16.4. The topological polar surface area (TPSA) is 156 Å². The number of carbonyl (C=O) groups is 4. The fourth-order valence-electron chi connectivity index (χ4n) is 2.50. The number of carboxylic acid groups (broad SMARTS) is 4. The van der Waals surface area contributed by atoms with Crippen molar-refractivity contribution in [3.05, 3.63) is 12.2 Å². The van der Waals surface area contributed by atoms with Crippen LogP contribution < -0.4 is 0 Å². The molecule has 0 amide bonds. The monoisotopic (exact) mass is 360 g/mol. The second-order valence-electron chi connectivity index (χ2n) is 5.50. The van der Waals surface area contributed by atoms with Crippen LogP contribution in [-0.2, 0) is 19.2 Å². The molecule has 0 bridgehead atoms. The Labute approximate surface area is 145 Å². The number of allylic oxidation sites excluding steroid dienone is 1. The Balaban J connectivity index is 5.64. The van der Waals surface area contributed by atoms with Crippen molar-refractivity contribution in [2.45, 2.75) is 32.4 Å². The van der Waals surface area contributed by atoms with Crippen LogP contribution in [-0.4, -0.2) is 92.4 Å². The van der Waals surface area contributed by atoms with Gasteiger partial charge in [0.2, 0.25) is 0 Å². The largest absolute Gasteiger partial charge is 0.480 e. The molecule has 0 saturated heterocycles. The van der Waals surface area contributed by atoms with Gasteiger partial charge in [-0.05, 0) is 20.3 Å². The average molecular weight is 360 g/mol. The zero-order chi connectivity index (χ0) is 19.6. The zero-order valence-electron chi connectivity index (χ0n) is 14.2. The van der Waals surface area contributed by atoms with E-state index in [4.69, 9.17) is 20.4 Å². The molecule has 0 saturated carbocycles. The third-order valence-corrected chi connectivity index (χ3v) is 3.57. The summed E-state index contributed by atoms with van der Waals surface area (Å²) in [5.41, 5.74) is 0. The molecule has 0 aromatic rings.